The van der Waals surface area contributed by atoms with Crippen molar-refractivity contribution in [3.8, 4) is 5.75 Å². The fraction of sp³-hybridized carbons (Fsp3) is 0.143. The van der Waals surface area contributed by atoms with Crippen LogP contribution in [-0.4, -0.2) is 6.67 Å². The fourth-order valence-corrected chi connectivity index (χ4v) is 2.04. The number of nitrogens with one attached hydrogen (secondary N) is 1. The zero-order valence-electron chi connectivity index (χ0n) is 9.74. The molecule has 0 bridgehead atoms. The number of hydrogen-bond acceptors (Lipinski definition) is 4. The van der Waals surface area contributed by atoms with Gasteiger partial charge in [0, 0.05) is 11.3 Å². The van der Waals surface area contributed by atoms with Gasteiger partial charge in [-0.3, -0.25) is 5.32 Å². The molecule has 4 heteroatoms. The summed E-state index contributed by atoms with van der Waals surface area (Å²) in [6.45, 7) is 0.231. The molecule has 1 aliphatic rings. The van der Waals surface area contributed by atoms with Crippen LogP contribution in [0.4, 0.5) is 5.69 Å². The second kappa shape index (κ2) is 4.68. The van der Waals surface area contributed by atoms with Crippen molar-refractivity contribution in [2.24, 2.45) is 0 Å². The van der Waals surface area contributed by atoms with Crippen molar-refractivity contribution in [3.63, 3.8) is 0 Å². The standard InChI is InChI=1S/C14H13N2O2/c17-16-10-15-14(12-8-4-5-9-13(12)16)18-11-6-2-1-3-7-11/h1-9,14-15H,10H2/q-1. The third kappa shape index (κ3) is 2.03. The van der Waals surface area contributed by atoms with Crippen LogP contribution in [0.15, 0.2) is 54.6 Å². The van der Waals surface area contributed by atoms with E-state index in [9.17, 15) is 5.21 Å². The molecule has 0 saturated carbocycles. The van der Waals surface area contributed by atoms with Crippen molar-refractivity contribution in [2.75, 3.05) is 11.7 Å². The summed E-state index contributed by atoms with van der Waals surface area (Å²) in [5.41, 5.74) is 1.53. The number of fused-ring (bicyclic) bond motifs is 1. The number of nitrogens with zero attached hydrogens (tertiary/aromatic N) is 1. The van der Waals surface area contributed by atoms with Crippen molar-refractivity contribution in [1.82, 2.24) is 5.32 Å². The second-order valence-electron chi connectivity index (χ2n) is 4.11. The maximum atomic E-state index is 11.7. The quantitative estimate of drug-likeness (QED) is 0.878. The number of benzene rings is 2. The molecule has 1 unspecified atom stereocenters. The molecule has 0 saturated heterocycles. The van der Waals surface area contributed by atoms with Crippen LogP contribution in [0.1, 0.15) is 11.8 Å². The zero-order valence-corrected chi connectivity index (χ0v) is 9.74. The van der Waals surface area contributed by atoms with Crippen molar-refractivity contribution < 1.29 is 4.74 Å². The predicted octanol–water partition coefficient (Wildman–Crippen LogP) is 2.63. The molecule has 1 N–H and O–H groups in total. The summed E-state index contributed by atoms with van der Waals surface area (Å²) < 4.78 is 5.85. The molecule has 1 aliphatic heterocycles. The first-order valence-corrected chi connectivity index (χ1v) is 5.83. The number of hydrogen-bond donors (Lipinski definition) is 1. The SMILES string of the molecule is [O-]N1CNC(Oc2ccccc2)c2ccccc21. The number of ether oxygens (including phenoxy) is 1. The summed E-state index contributed by atoms with van der Waals surface area (Å²) in [7, 11) is 0. The van der Waals surface area contributed by atoms with Crippen molar-refractivity contribution in [3.05, 3.63) is 65.4 Å². The lowest BCUT2D eigenvalue weighted by atomic mass is 10.1. The average Bonchev–Trinajstić information content (AvgIpc) is 2.44. The van der Waals surface area contributed by atoms with Crippen molar-refractivity contribution in [2.45, 2.75) is 6.23 Å². The predicted molar refractivity (Wildman–Crippen MR) is 70.1 cm³/mol. The Labute approximate surface area is 105 Å². The molecule has 92 valence electrons. The zero-order chi connectivity index (χ0) is 12.4. The van der Waals surface area contributed by atoms with Crippen LogP contribution in [0, 0.1) is 5.21 Å². The van der Waals surface area contributed by atoms with Gasteiger partial charge in [0.25, 0.3) is 0 Å². The highest BCUT2D eigenvalue weighted by molar-refractivity contribution is 5.56. The van der Waals surface area contributed by atoms with Crippen LogP contribution in [0.3, 0.4) is 0 Å². The molecule has 3 rings (SSSR count). The van der Waals surface area contributed by atoms with Crippen LogP contribution in [0.2, 0.25) is 0 Å². The molecular weight excluding hydrogens is 228 g/mol. The minimum atomic E-state index is -0.284. The normalized spacial score (nSPS) is 18.3. The number of para-hydroxylation sites is 2. The molecule has 2 aromatic carbocycles. The van der Waals surface area contributed by atoms with E-state index >= 15 is 0 Å². The fourth-order valence-electron chi connectivity index (χ4n) is 2.04. The Balaban J connectivity index is 1.89. The molecule has 1 atom stereocenters. The van der Waals surface area contributed by atoms with E-state index in [-0.39, 0.29) is 12.9 Å². The summed E-state index contributed by atoms with van der Waals surface area (Å²) >= 11 is 0. The Kier molecular flexibility index (Phi) is 2.88. The minimum absolute atomic E-state index is 0.231. The lowest BCUT2D eigenvalue weighted by Gasteiger charge is -2.40. The Morgan fingerprint density at radius 3 is 2.61 bits per heavy atom. The van der Waals surface area contributed by atoms with Crippen LogP contribution in [0.5, 0.6) is 5.75 Å². The van der Waals surface area contributed by atoms with Gasteiger partial charge in [-0.25, -0.2) is 0 Å². The summed E-state index contributed by atoms with van der Waals surface area (Å²) in [5.74, 6) is 0.782. The van der Waals surface area contributed by atoms with E-state index < -0.39 is 0 Å². The third-order valence-corrected chi connectivity index (χ3v) is 2.91. The molecule has 0 aromatic heterocycles. The smallest absolute Gasteiger partial charge is 0.179 e. The van der Waals surface area contributed by atoms with Gasteiger partial charge in [0.05, 0.1) is 6.67 Å². The van der Waals surface area contributed by atoms with E-state index in [0.717, 1.165) is 16.4 Å². The molecule has 0 spiro atoms. The van der Waals surface area contributed by atoms with Crippen LogP contribution >= 0.6 is 0 Å². The topological polar surface area (TPSA) is 47.6 Å². The van der Waals surface area contributed by atoms with Crippen LogP contribution < -0.4 is 15.1 Å². The first-order chi connectivity index (χ1) is 8.84. The van der Waals surface area contributed by atoms with Gasteiger partial charge in [-0.15, -0.1) is 0 Å². The van der Waals surface area contributed by atoms with Gasteiger partial charge >= 0.3 is 0 Å². The van der Waals surface area contributed by atoms with E-state index in [1.54, 1.807) is 0 Å². The molecule has 4 nitrogen and oxygen atoms in total. The number of hydroxylamine groups is 1. The van der Waals surface area contributed by atoms with E-state index in [4.69, 9.17) is 4.74 Å². The lowest BCUT2D eigenvalue weighted by molar-refractivity contribution is 0.162. The van der Waals surface area contributed by atoms with E-state index in [1.165, 1.54) is 0 Å². The summed E-state index contributed by atoms with van der Waals surface area (Å²) in [4.78, 5) is 0. The Morgan fingerprint density at radius 2 is 1.78 bits per heavy atom. The molecule has 0 aliphatic carbocycles. The highest BCUT2D eigenvalue weighted by atomic mass is 16.5. The van der Waals surface area contributed by atoms with Gasteiger partial charge in [0.15, 0.2) is 6.23 Å². The third-order valence-electron chi connectivity index (χ3n) is 2.91. The summed E-state index contributed by atoms with van der Waals surface area (Å²) in [5, 5.41) is 15.7. The van der Waals surface area contributed by atoms with E-state index in [0.29, 0.717) is 5.69 Å². The molecule has 1 heterocycles. The Bertz CT molecular complexity index is 530. The monoisotopic (exact) mass is 241 g/mol. The van der Waals surface area contributed by atoms with Gasteiger partial charge < -0.3 is 15.0 Å². The van der Waals surface area contributed by atoms with Crippen molar-refractivity contribution in [1.29, 1.82) is 0 Å². The number of rotatable bonds is 2. The van der Waals surface area contributed by atoms with E-state index in [2.05, 4.69) is 5.32 Å². The maximum Gasteiger partial charge on any atom is 0.179 e. The van der Waals surface area contributed by atoms with Gasteiger partial charge in [-0.2, -0.15) is 0 Å². The summed E-state index contributed by atoms with van der Waals surface area (Å²) in [6, 6.07) is 17.0. The highest BCUT2D eigenvalue weighted by Gasteiger charge is 2.21. The van der Waals surface area contributed by atoms with Crippen LogP contribution in [-0.2, 0) is 0 Å². The first kappa shape index (κ1) is 11.1. The molecular formula is C14H13N2O2-. The molecule has 2 aromatic rings. The van der Waals surface area contributed by atoms with Gasteiger partial charge in [0.1, 0.15) is 5.75 Å². The van der Waals surface area contributed by atoms with E-state index in [1.807, 2.05) is 54.6 Å². The Hall–Kier alpha value is -2.04. The largest absolute Gasteiger partial charge is 0.757 e. The first-order valence-electron chi connectivity index (χ1n) is 5.83. The second-order valence-corrected chi connectivity index (χ2v) is 4.11. The average molecular weight is 241 g/mol. The van der Waals surface area contributed by atoms with Gasteiger partial charge in [0.2, 0.25) is 0 Å². The van der Waals surface area contributed by atoms with Gasteiger partial charge in [-0.05, 0) is 18.2 Å². The molecule has 0 radical (unpaired) electrons. The molecule has 0 amide bonds. The molecule has 0 fully saturated rings. The van der Waals surface area contributed by atoms with Gasteiger partial charge in [-0.1, -0.05) is 36.4 Å². The maximum absolute atomic E-state index is 11.7. The minimum Gasteiger partial charge on any atom is -0.757 e. The van der Waals surface area contributed by atoms with Crippen molar-refractivity contribution >= 4 is 5.69 Å². The lowest BCUT2D eigenvalue weighted by Crippen LogP contribution is -2.40. The Morgan fingerprint density at radius 1 is 1.06 bits per heavy atom. The summed E-state index contributed by atoms with van der Waals surface area (Å²) in [6.07, 6.45) is -0.284. The number of anilines is 1. The highest BCUT2D eigenvalue weighted by Crippen LogP contribution is 2.30. The van der Waals surface area contributed by atoms with Crippen LogP contribution in [0.25, 0.3) is 0 Å². The molecule has 18 heavy (non-hydrogen) atoms.